The van der Waals surface area contributed by atoms with Gasteiger partial charge in [0.15, 0.2) is 0 Å². The van der Waals surface area contributed by atoms with Crippen molar-refractivity contribution < 1.29 is 4.79 Å². The molecule has 2 N–H and O–H groups in total. The fourth-order valence-electron chi connectivity index (χ4n) is 2.45. The minimum atomic E-state index is 0.0662. The largest absolute Gasteiger partial charge is 0.361 e. The van der Waals surface area contributed by atoms with E-state index in [0.29, 0.717) is 19.5 Å². The SMILES string of the molecule is O=C(CCc1c[nH]c2ccccc12)NCCn1cc(Br)cn1. The van der Waals surface area contributed by atoms with Crippen molar-refractivity contribution in [3.8, 4) is 0 Å². The highest BCUT2D eigenvalue weighted by molar-refractivity contribution is 9.10. The summed E-state index contributed by atoms with van der Waals surface area (Å²) in [7, 11) is 0. The average Bonchev–Trinajstić information content (AvgIpc) is 3.11. The first-order valence-corrected chi connectivity index (χ1v) is 8.01. The number of aryl methyl sites for hydroxylation is 1. The van der Waals surface area contributed by atoms with Gasteiger partial charge in [-0.2, -0.15) is 5.10 Å². The third-order valence-electron chi connectivity index (χ3n) is 3.56. The van der Waals surface area contributed by atoms with Crippen LogP contribution in [0.15, 0.2) is 47.3 Å². The maximum Gasteiger partial charge on any atom is 0.220 e. The number of hydrogen-bond acceptors (Lipinski definition) is 2. The number of hydrogen-bond donors (Lipinski definition) is 2. The molecule has 1 amide bonds. The lowest BCUT2D eigenvalue weighted by atomic mass is 10.1. The van der Waals surface area contributed by atoms with Crippen LogP contribution in [0.4, 0.5) is 0 Å². The van der Waals surface area contributed by atoms with Gasteiger partial charge in [0.2, 0.25) is 5.91 Å². The van der Waals surface area contributed by atoms with Crippen molar-refractivity contribution >= 4 is 32.7 Å². The predicted octanol–water partition coefficient (Wildman–Crippen LogP) is 2.88. The summed E-state index contributed by atoms with van der Waals surface area (Å²) >= 11 is 3.35. The summed E-state index contributed by atoms with van der Waals surface area (Å²) in [5.41, 5.74) is 2.30. The topological polar surface area (TPSA) is 62.7 Å². The molecule has 2 heterocycles. The molecule has 0 aliphatic carbocycles. The smallest absolute Gasteiger partial charge is 0.220 e. The molecule has 0 fully saturated rings. The van der Waals surface area contributed by atoms with Crippen LogP contribution in [0.5, 0.6) is 0 Å². The molecule has 5 nitrogen and oxygen atoms in total. The average molecular weight is 361 g/mol. The number of aromatic amines is 1. The fourth-order valence-corrected chi connectivity index (χ4v) is 2.77. The fraction of sp³-hybridized carbons (Fsp3) is 0.250. The first kappa shape index (κ1) is 14.8. The Kier molecular flexibility index (Phi) is 4.58. The van der Waals surface area contributed by atoms with Crippen molar-refractivity contribution in [3.63, 3.8) is 0 Å². The summed E-state index contributed by atoms with van der Waals surface area (Å²) in [6.07, 6.45) is 6.84. The standard InChI is InChI=1S/C16H17BrN4O/c17-13-10-20-21(11-13)8-7-18-16(22)6-5-12-9-19-15-4-2-1-3-14(12)15/h1-4,9-11,19H,5-8H2,(H,18,22). The minimum absolute atomic E-state index is 0.0662. The summed E-state index contributed by atoms with van der Waals surface area (Å²) in [6, 6.07) is 8.14. The van der Waals surface area contributed by atoms with Crippen LogP contribution in [0, 0.1) is 0 Å². The van der Waals surface area contributed by atoms with Crippen LogP contribution in [-0.2, 0) is 17.8 Å². The molecule has 3 aromatic rings. The Morgan fingerprint density at radius 3 is 3.05 bits per heavy atom. The van der Waals surface area contributed by atoms with Crippen molar-refractivity contribution in [2.24, 2.45) is 0 Å². The summed E-state index contributed by atoms with van der Waals surface area (Å²) < 4.78 is 2.74. The zero-order chi connectivity index (χ0) is 15.4. The third kappa shape index (κ3) is 3.57. The van der Waals surface area contributed by atoms with E-state index in [1.54, 1.807) is 10.9 Å². The number of carbonyl (C=O) groups excluding carboxylic acids is 1. The molecule has 0 radical (unpaired) electrons. The van der Waals surface area contributed by atoms with E-state index in [2.05, 4.69) is 37.4 Å². The van der Waals surface area contributed by atoms with Gasteiger partial charge in [-0.1, -0.05) is 18.2 Å². The highest BCUT2D eigenvalue weighted by Crippen LogP contribution is 2.18. The molecule has 22 heavy (non-hydrogen) atoms. The van der Waals surface area contributed by atoms with Crippen LogP contribution in [0.25, 0.3) is 10.9 Å². The Morgan fingerprint density at radius 2 is 2.23 bits per heavy atom. The zero-order valence-corrected chi connectivity index (χ0v) is 13.6. The number of nitrogens with zero attached hydrogens (tertiary/aromatic N) is 2. The van der Waals surface area contributed by atoms with Crippen molar-refractivity contribution in [1.29, 1.82) is 0 Å². The highest BCUT2D eigenvalue weighted by Gasteiger charge is 2.06. The van der Waals surface area contributed by atoms with Gasteiger partial charge in [-0.15, -0.1) is 0 Å². The molecule has 0 bridgehead atoms. The van der Waals surface area contributed by atoms with E-state index in [0.717, 1.165) is 16.4 Å². The number of halogens is 1. The van der Waals surface area contributed by atoms with Gasteiger partial charge in [0.1, 0.15) is 0 Å². The lowest BCUT2D eigenvalue weighted by molar-refractivity contribution is -0.121. The van der Waals surface area contributed by atoms with E-state index in [9.17, 15) is 4.79 Å². The van der Waals surface area contributed by atoms with E-state index >= 15 is 0 Å². The number of fused-ring (bicyclic) bond motifs is 1. The number of H-pyrrole nitrogens is 1. The molecule has 1 aromatic carbocycles. The Balaban J connectivity index is 1.46. The third-order valence-corrected chi connectivity index (χ3v) is 3.97. The van der Waals surface area contributed by atoms with Crippen molar-refractivity contribution in [1.82, 2.24) is 20.1 Å². The molecule has 0 saturated carbocycles. The second kappa shape index (κ2) is 6.79. The molecule has 0 spiro atoms. The second-order valence-corrected chi connectivity index (χ2v) is 6.05. The van der Waals surface area contributed by atoms with Gasteiger partial charge in [-0.3, -0.25) is 9.48 Å². The van der Waals surface area contributed by atoms with Crippen LogP contribution in [-0.4, -0.2) is 27.2 Å². The van der Waals surface area contributed by atoms with Gasteiger partial charge in [-0.25, -0.2) is 0 Å². The first-order valence-electron chi connectivity index (χ1n) is 7.22. The van der Waals surface area contributed by atoms with Crippen LogP contribution in [0.1, 0.15) is 12.0 Å². The minimum Gasteiger partial charge on any atom is -0.361 e. The Bertz CT molecular complexity index is 777. The molecule has 114 valence electrons. The Hall–Kier alpha value is -2.08. The molecular weight excluding hydrogens is 344 g/mol. The monoisotopic (exact) mass is 360 g/mol. The number of carbonyl (C=O) groups is 1. The predicted molar refractivity (Wildman–Crippen MR) is 89.6 cm³/mol. The number of aromatic nitrogens is 3. The lowest BCUT2D eigenvalue weighted by Crippen LogP contribution is -2.27. The van der Waals surface area contributed by atoms with Crippen LogP contribution >= 0.6 is 15.9 Å². The number of rotatable bonds is 6. The van der Waals surface area contributed by atoms with Gasteiger partial charge in [0, 0.05) is 36.3 Å². The molecule has 2 aromatic heterocycles. The van der Waals surface area contributed by atoms with Crippen molar-refractivity contribution in [2.45, 2.75) is 19.4 Å². The number of amides is 1. The molecule has 0 saturated heterocycles. The van der Waals surface area contributed by atoms with Crippen LogP contribution < -0.4 is 5.32 Å². The summed E-state index contributed by atoms with van der Waals surface area (Å²) in [6.45, 7) is 1.26. The maximum absolute atomic E-state index is 11.9. The molecule has 0 unspecified atom stereocenters. The first-order chi connectivity index (χ1) is 10.7. The summed E-state index contributed by atoms with van der Waals surface area (Å²) in [4.78, 5) is 15.1. The van der Waals surface area contributed by atoms with E-state index < -0.39 is 0 Å². The lowest BCUT2D eigenvalue weighted by Gasteiger charge is -2.05. The molecule has 3 rings (SSSR count). The van der Waals surface area contributed by atoms with E-state index in [1.165, 1.54) is 10.9 Å². The van der Waals surface area contributed by atoms with Gasteiger partial charge in [-0.05, 0) is 34.0 Å². The van der Waals surface area contributed by atoms with E-state index in [4.69, 9.17) is 0 Å². The van der Waals surface area contributed by atoms with Crippen LogP contribution in [0.3, 0.4) is 0 Å². The van der Waals surface area contributed by atoms with Crippen molar-refractivity contribution in [3.05, 3.63) is 52.9 Å². The highest BCUT2D eigenvalue weighted by atomic mass is 79.9. The van der Waals surface area contributed by atoms with Gasteiger partial charge >= 0.3 is 0 Å². The molecular formula is C16H17BrN4O. The number of para-hydroxylation sites is 1. The van der Waals surface area contributed by atoms with Gasteiger partial charge in [0.25, 0.3) is 0 Å². The molecule has 0 aliphatic rings. The molecule has 0 aliphatic heterocycles. The van der Waals surface area contributed by atoms with E-state index in [1.807, 2.05) is 30.6 Å². The van der Waals surface area contributed by atoms with Gasteiger partial charge < -0.3 is 10.3 Å². The number of nitrogens with one attached hydrogen (secondary N) is 2. The van der Waals surface area contributed by atoms with E-state index in [-0.39, 0.29) is 5.91 Å². The molecule has 0 atom stereocenters. The molecule has 6 heteroatoms. The summed E-state index contributed by atoms with van der Waals surface area (Å²) in [5.74, 6) is 0.0662. The van der Waals surface area contributed by atoms with Crippen LogP contribution in [0.2, 0.25) is 0 Å². The zero-order valence-electron chi connectivity index (χ0n) is 12.1. The number of benzene rings is 1. The summed E-state index contributed by atoms with van der Waals surface area (Å²) in [5, 5.41) is 8.26. The normalized spacial score (nSPS) is 11.0. The van der Waals surface area contributed by atoms with Crippen molar-refractivity contribution in [2.75, 3.05) is 6.54 Å². The van der Waals surface area contributed by atoms with Gasteiger partial charge in [0.05, 0.1) is 17.2 Å². The quantitative estimate of drug-likeness (QED) is 0.709. The Morgan fingerprint density at radius 1 is 1.36 bits per heavy atom. The maximum atomic E-state index is 11.9. The Labute approximate surface area is 136 Å². The second-order valence-electron chi connectivity index (χ2n) is 5.13.